The number of hydrogen-bond acceptors (Lipinski definition) is 6. The Labute approximate surface area is 182 Å². The van der Waals surface area contributed by atoms with Crippen LogP contribution in [-0.4, -0.2) is 72.5 Å². The molecule has 1 heterocycles. The minimum absolute atomic E-state index is 0.0198. The van der Waals surface area contributed by atoms with Crippen LogP contribution in [-0.2, 0) is 24.4 Å². The third-order valence-electron chi connectivity index (χ3n) is 5.00. The molecule has 0 aromatic heterocycles. The molecule has 1 aliphatic rings. The van der Waals surface area contributed by atoms with Crippen molar-refractivity contribution in [3.8, 4) is 0 Å². The van der Waals surface area contributed by atoms with Crippen LogP contribution < -0.4 is 5.32 Å². The highest BCUT2D eigenvalue weighted by atomic mass is 32.2. The van der Waals surface area contributed by atoms with E-state index >= 15 is 0 Å². The largest absolute Gasteiger partial charge is 0.334 e. The molecule has 170 valence electrons. The van der Waals surface area contributed by atoms with Gasteiger partial charge in [-0.15, -0.1) is 0 Å². The maximum Gasteiger partial charge on any atom is 0.334 e. The van der Waals surface area contributed by atoms with E-state index in [0.29, 0.717) is 30.0 Å². The summed E-state index contributed by atoms with van der Waals surface area (Å²) >= 11 is 0. The van der Waals surface area contributed by atoms with Crippen molar-refractivity contribution in [3.05, 3.63) is 23.8 Å². The molecular formula is C20H28N4O6S. The van der Waals surface area contributed by atoms with Gasteiger partial charge in [-0.1, -0.05) is 33.3 Å². The maximum atomic E-state index is 12.7. The summed E-state index contributed by atoms with van der Waals surface area (Å²) < 4.78 is 26.8. The summed E-state index contributed by atoms with van der Waals surface area (Å²) in [4.78, 5) is 50.4. The zero-order valence-corrected chi connectivity index (χ0v) is 19.0. The Bertz CT molecular complexity index is 987. The van der Waals surface area contributed by atoms with Crippen molar-refractivity contribution in [1.82, 2.24) is 14.1 Å². The molecule has 0 unspecified atom stereocenters. The van der Waals surface area contributed by atoms with Gasteiger partial charge in [-0.3, -0.25) is 19.3 Å². The molecule has 0 atom stereocenters. The first-order valence-electron chi connectivity index (χ1n) is 10.2. The van der Waals surface area contributed by atoms with Crippen LogP contribution in [0.2, 0.25) is 0 Å². The lowest BCUT2D eigenvalue weighted by Crippen LogP contribution is -2.39. The Morgan fingerprint density at radius 1 is 1.03 bits per heavy atom. The highest BCUT2D eigenvalue weighted by Crippen LogP contribution is 2.23. The molecule has 31 heavy (non-hydrogen) atoms. The van der Waals surface area contributed by atoms with E-state index in [9.17, 15) is 27.6 Å². The van der Waals surface area contributed by atoms with E-state index in [-0.39, 0.29) is 17.1 Å². The molecule has 0 radical (unpaired) electrons. The number of sulfonamides is 1. The number of nitrogens with zero attached hydrogens (tertiary/aromatic N) is 3. The van der Waals surface area contributed by atoms with Crippen LogP contribution in [0, 0.1) is 6.92 Å². The Morgan fingerprint density at radius 2 is 1.65 bits per heavy atom. The number of hydrogen-bond donors (Lipinski definition) is 1. The first-order valence-corrected chi connectivity index (χ1v) is 11.6. The molecule has 0 saturated carbocycles. The van der Waals surface area contributed by atoms with Crippen LogP contribution in [0.25, 0.3) is 0 Å². The van der Waals surface area contributed by atoms with Gasteiger partial charge in [0.05, 0.1) is 4.90 Å². The predicted octanol–water partition coefficient (Wildman–Crippen LogP) is 1.55. The molecule has 0 spiro atoms. The molecule has 2 rings (SSSR count). The molecule has 1 saturated heterocycles. The number of carbonyl (C=O) groups is 4. The highest BCUT2D eigenvalue weighted by molar-refractivity contribution is 7.89. The van der Waals surface area contributed by atoms with Crippen LogP contribution in [0.3, 0.4) is 0 Å². The Hall–Kier alpha value is -2.79. The van der Waals surface area contributed by atoms with E-state index in [4.69, 9.17) is 0 Å². The SMILES string of the molecule is CCCCN1C(=O)C(=O)N(CC(=O)Nc2cc(S(=O)(=O)N(CC)CC)ccc2C)C1=O. The van der Waals surface area contributed by atoms with Crippen LogP contribution in [0.5, 0.6) is 0 Å². The summed E-state index contributed by atoms with van der Waals surface area (Å²) in [5, 5.41) is 2.54. The fraction of sp³-hybridized carbons (Fsp3) is 0.500. The van der Waals surface area contributed by atoms with Gasteiger partial charge in [-0.2, -0.15) is 4.31 Å². The molecule has 1 N–H and O–H groups in total. The number of benzene rings is 1. The number of imide groups is 2. The average Bonchev–Trinajstić information content (AvgIpc) is 2.91. The third-order valence-corrected chi connectivity index (χ3v) is 7.04. The Morgan fingerprint density at radius 3 is 2.23 bits per heavy atom. The molecule has 10 nitrogen and oxygen atoms in total. The number of anilines is 1. The van der Waals surface area contributed by atoms with E-state index in [0.717, 1.165) is 11.3 Å². The predicted molar refractivity (Wildman–Crippen MR) is 114 cm³/mol. The van der Waals surface area contributed by atoms with Crippen LogP contribution in [0.15, 0.2) is 23.1 Å². The molecular weight excluding hydrogens is 424 g/mol. The van der Waals surface area contributed by atoms with Crippen LogP contribution in [0.4, 0.5) is 10.5 Å². The van der Waals surface area contributed by atoms with Crippen LogP contribution in [0.1, 0.15) is 39.2 Å². The fourth-order valence-corrected chi connectivity index (χ4v) is 4.63. The molecule has 0 bridgehead atoms. The van der Waals surface area contributed by atoms with Crippen molar-refractivity contribution in [2.24, 2.45) is 0 Å². The minimum atomic E-state index is -3.73. The van der Waals surface area contributed by atoms with Gasteiger partial charge in [0.15, 0.2) is 0 Å². The Balaban J connectivity index is 2.18. The second kappa shape index (κ2) is 10.0. The van der Waals surface area contributed by atoms with E-state index < -0.39 is 40.3 Å². The molecule has 1 aromatic rings. The number of carbonyl (C=O) groups excluding carboxylic acids is 4. The van der Waals surface area contributed by atoms with Crippen molar-refractivity contribution in [1.29, 1.82) is 0 Å². The van der Waals surface area contributed by atoms with Gasteiger partial charge in [0.2, 0.25) is 15.9 Å². The lowest BCUT2D eigenvalue weighted by Gasteiger charge is -2.20. The maximum absolute atomic E-state index is 12.7. The number of unbranched alkanes of at least 4 members (excludes halogenated alkanes) is 1. The van der Waals surface area contributed by atoms with Gasteiger partial charge in [-0.25, -0.2) is 18.1 Å². The zero-order valence-electron chi connectivity index (χ0n) is 18.2. The molecule has 5 amide bonds. The first kappa shape index (κ1) is 24.5. The fourth-order valence-electron chi connectivity index (χ4n) is 3.15. The quantitative estimate of drug-likeness (QED) is 0.424. The normalized spacial score (nSPS) is 14.7. The van der Waals surface area contributed by atoms with Gasteiger partial charge in [0.1, 0.15) is 6.54 Å². The summed E-state index contributed by atoms with van der Waals surface area (Å²) in [6.07, 6.45) is 1.29. The number of amides is 5. The number of nitrogens with one attached hydrogen (secondary N) is 1. The van der Waals surface area contributed by atoms with Crippen molar-refractivity contribution in [2.75, 3.05) is 31.5 Å². The summed E-state index contributed by atoms with van der Waals surface area (Å²) in [5.74, 6) is -2.71. The second-order valence-electron chi connectivity index (χ2n) is 7.10. The second-order valence-corrected chi connectivity index (χ2v) is 9.04. The van der Waals surface area contributed by atoms with Gasteiger partial charge in [0, 0.05) is 25.3 Å². The lowest BCUT2D eigenvalue weighted by atomic mass is 10.2. The number of rotatable bonds is 10. The molecule has 1 aliphatic heterocycles. The van der Waals surface area contributed by atoms with Crippen molar-refractivity contribution >= 4 is 39.5 Å². The molecule has 11 heteroatoms. The summed E-state index contributed by atoms with van der Waals surface area (Å²) in [6.45, 7) is 7.11. The van der Waals surface area contributed by atoms with E-state index in [1.807, 2.05) is 6.92 Å². The Kier molecular flexibility index (Phi) is 7.91. The zero-order chi connectivity index (χ0) is 23.3. The summed E-state index contributed by atoms with van der Waals surface area (Å²) in [6, 6.07) is 3.53. The monoisotopic (exact) mass is 452 g/mol. The summed E-state index contributed by atoms with van der Waals surface area (Å²) in [7, 11) is -3.73. The number of aryl methyl sites for hydroxylation is 1. The van der Waals surface area contributed by atoms with Gasteiger partial charge >= 0.3 is 17.8 Å². The lowest BCUT2D eigenvalue weighted by molar-refractivity contribution is -0.143. The van der Waals surface area contributed by atoms with Crippen molar-refractivity contribution in [3.63, 3.8) is 0 Å². The molecule has 1 aromatic carbocycles. The van der Waals surface area contributed by atoms with Gasteiger partial charge in [0.25, 0.3) is 0 Å². The van der Waals surface area contributed by atoms with Gasteiger partial charge < -0.3 is 5.32 Å². The van der Waals surface area contributed by atoms with E-state index in [1.165, 1.54) is 16.4 Å². The molecule has 1 fully saturated rings. The van der Waals surface area contributed by atoms with E-state index in [1.54, 1.807) is 26.8 Å². The van der Waals surface area contributed by atoms with Crippen molar-refractivity contribution in [2.45, 2.75) is 45.4 Å². The average molecular weight is 453 g/mol. The highest BCUT2D eigenvalue weighted by Gasteiger charge is 2.44. The standard InChI is InChI=1S/C20H28N4O6S/c1-5-8-11-23-18(26)19(27)24(20(23)28)13-17(25)21-16-12-15(10-9-14(16)4)31(29,30)22(6-2)7-3/h9-10,12H,5-8,11,13H2,1-4H3,(H,21,25). The number of urea groups is 1. The molecule has 0 aliphatic carbocycles. The van der Waals surface area contributed by atoms with Crippen molar-refractivity contribution < 1.29 is 27.6 Å². The topological polar surface area (TPSA) is 124 Å². The minimum Gasteiger partial charge on any atom is -0.324 e. The third kappa shape index (κ3) is 5.10. The summed E-state index contributed by atoms with van der Waals surface area (Å²) in [5.41, 5.74) is 0.845. The van der Waals surface area contributed by atoms with Gasteiger partial charge in [-0.05, 0) is 31.0 Å². The van der Waals surface area contributed by atoms with Crippen LogP contribution >= 0.6 is 0 Å². The van der Waals surface area contributed by atoms with E-state index in [2.05, 4.69) is 5.32 Å². The first-order chi connectivity index (χ1) is 14.6. The smallest absolute Gasteiger partial charge is 0.324 e.